The fourth-order valence-electron chi connectivity index (χ4n) is 9.12. The predicted molar refractivity (Wildman–Crippen MR) is 260 cm³/mol. The van der Waals surface area contributed by atoms with Crippen LogP contribution in [0.15, 0.2) is 91.0 Å². The summed E-state index contributed by atoms with van der Waals surface area (Å²) in [6.07, 6.45) is 0.854. The van der Waals surface area contributed by atoms with Gasteiger partial charge < -0.3 is 58.5 Å². The first-order chi connectivity index (χ1) is 34.1. The molecule has 0 radical (unpaired) electrons. The molecule has 3 fully saturated rings. The van der Waals surface area contributed by atoms with Crippen LogP contribution in [0.5, 0.6) is 0 Å². The lowest BCUT2D eigenvalue weighted by Crippen LogP contribution is -2.61. The molecule has 21 nitrogen and oxygen atoms in total. The quantitative estimate of drug-likeness (QED) is 0.0583. The van der Waals surface area contributed by atoms with E-state index >= 15 is 0 Å². The minimum Gasteiger partial charge on any atom is -0.370 e. The van der Waals surface area contributed by atoms with Gasteiger partial charge in [-0.25, -0.2) is 0 Å². The maximum atomic E-state index is 14.6. The van der Waals surface area contributed by atoms with Gasteiger partial charge in [-0.3, -0.25) is 48.6 Å². The Hall–Kier alpha value is -7.84. The average molecular weight is 977 g/mol. The Morgan fingerprint density at radius 1 is 0.549 bits per heavy atom. The number of benzene rings is 3. The van der Waals surface area contributed by atoms with Crippen molar-refractivity contribution in [2.45, 2.75) is 119 Å². The Kier molecular flexibility index (Phi) is 18.6. The first kappa shape index (κ1) is 52.5. The van der Waals surface area contributed by atoms with Crippen molar-refractivity contribution < 1.29 is 43.2 Å². The van der Waals surface area contributed by atoms with Crippen LogP contribution >= 0.6 is 0 Å². The Labute approximate surface area is 411 Å². The standard InChI is InChI=1S/C50H64N12O9/c1-30-42(64)60-38(28-33-18-9-4-10-19-33)48(70)62-25-13-22-40(62)49(71)61-24-12-21-39(61)47(69)56-34(20-11-23-54-50(52)53)43(65)57-35(26-31-14-5-2-6-15-31)45(67)58-36(27-32-16-7-3-8-17-32)46(68)59-37(29-41(51)63)44(66)55-30/h2-10,14-19,30,34-40H,11-13,20-29H2,1H3,(H2,51,63)(H,55,66)(H,56,69)(H,57,65)(H,58,67)(H,59,68)(H,60,64)(H4,52,53,54)/t30-,34+,35-,36-,37-,38-,39-,40+/m0/s1. The molecule has 8 atom stereocenters. The first-order valence-electron chi connectivity index (χ1n) is 24.0. The van der Waals surface area contributed by atoms with E-state index in [4.69, 9.17) is 16.9 Å². The Bertz CT molecular complexity index is 2410. The van der Waals surface area contributed by atoms with Gasteiger partial charge in [0.05, 0.1) is 6.42 Å². The van der Waals surface area contributed by atoms with E-state index in [1.165, 1.54) is 16.7 Å². The molecule has 12 N–H and O–H groups in total. The lowest BCUT2D eigenvalue weighted by molar-refractivity contribution is -0.148. The molecule has 3 aromatic rings. The number of hydrogen-bond acceptors (Lipinski definition) is 10. The van der Waals surface area contributed by atoms with Crippen molar-refractivity contribution in [1.29, 1.82) is 5.41 Å². The molecule has 0 bridgehead atoms. The summed E-state index contributed by atoms with van der Waals surface area (Å²) < 4.78 is 0. The summed E-state index contributed by atoms with van der Waals surface area (Å²) in [5, 5.41) is 26.4. The van der Waals surface area contributed by atoms with Crippen molar-refractivity contribution in [3.05, 3.63) is 108 Å². The molecule has 0 saturated carbocycles. The number of guanidine groups is 1. The van der Waals surface area contributed by atoms with Gasteiger partial charge in [-0.05, 0) is 62.1 Å². The molecule has 0 unspecified atom stereocenters. The zero-order valence-electron chi connectivity index (χ0n) is 39.7. The summed E-state index contributed by atoms with van der Waals surface area (Å²) in [4.78, 5) is 130. The summed E-state index contributed by atoms with van der Waals surface area (Å²) in [5.41, 5.74) is 13.0. The van der Waals surface area contributed by atoms with E-state index < -0.39 is 108 Å². The molecule has 3 heterocycles. The molecule has 21 heteroatoms. The molecule has 9 amide bonds. The zero-order chi connectivity index (χ0) is 51.0. The van der Waals surface area contributed by atoms with E-state index in [1.54, 1.807) is 91.0 Å². The molecule has 3 aliphatic heterocycles. The van der Waals surface area contributed by atoms with Crippen molar-refractivity contribution in [3.63, 3.8) is 0 Å². The number of fused-ring (bicyclic) bond motifs is 2. The van der Waals surface area contributed by atoms with Gasteiger partial charge >= 0.3 is 0 Å². The molecule has 71 heavy (non-hydrogen) atoms. The number of carbonyl (C=O) groups excluding carboxylic acids is 9. The molecule has 3 saturated heterocycles. The van der Waals surface area contributed by atoms with Crippen molar-refractivity contribution in [3.8, 4) is 0 Å². The van der Waals surface area contributed by atoms with Crippen LogP contribution in [0.4, 0.5) is 0 Å². The van der Waals surface area contributed by atoms with Gasteiger partial charge in [-0.15, -0.1) is 0 Å². The fraction of sp³-hybridized carbons (Fsp3) is 0.440. The monoisotopic (exact) mass is 976 g/mol. The topological polar surface area (TPSA) is 320 Å². The fourth-order valence-corrected chi connectivity index (χ4v) is 9.12. The highest BCUT2D eigenvalue weighted by molar-refractivity contribution is 6.00. The van der Waals surface area contributed by atoms with Gasteiger partial charge in [0.25, 0.3) is 0 Å². The van der Waals surface area contributed by atoms with Gasteiger partial charge in [-0.1, -0.05) is 91.0 Å². The lowest BCUT2D eigenvalue weighted by atomic mass is 10.0. The van der Waals surface area contributed by atoms with Gasteiger partial charge in [0, 0.05) is 38.9 Å². The zero-order valence-corrected chi connectivity index (χ0v) is 39.7. The van der Waals surface area contributed by atoms with Crippen LogP contribution in [0.25, 0.3) is 0 Å². The second-order valence-electron chi connectivity index (χ2n) is 18.1. The van der Waals surface area contributed by atoms with E-state index in [1.807, 2.05) is 0 Å². The van der Waals surface area contributed by atoms with E-state index in [0.717, 1.165) is 0 Å². The predicted octanol–water partition coefficient (Wildman–Crippen LogP) is -1.22. The number of primary amides is 1. The van der Waals surface area contributed by atoms with Crippen molar-refractivity contribution in [1.82, 2.24) is 47.0 Å². The number of amides is 9. The number of nitrogens with one attached hydrogen (secondary N) is 8. The molecular weight excluding hydrogens is 913 g/mol. The Balaban J connectivity index is 1.39. The smallest absolute Gasteiger partial charge is 0.246 e. The van der Waals surface area contributed by atoms with Gasteiger partial charge in [0.2, 0.25) is 53.2 Å². The third-order valence-electron chi connectivity index (χ3n) is 12.8. The molecular formula is C50H64N12O9. The van der Waals surface area contributed by atoms with Crippen molar-refractivity contribution in [2.24, 2.45) is 11.5 Å². The summed E-state index contributed by atoms with van der Waals surface area (Å²) in [5.74, 6) is -7.10. The highest BCUT2D eigenvalue weighted by atomic mass is 16.2. The summed E-state index contributed by atoms with van der Waals surface area (Å²) in [6, 6.07) is 16.1. The van der Waals surface area contributed by atoms with Crippen molar-refractivity contribution in [2.75, 3.05) is 19.6 Å². The van der Waals surface area contributed by atoms with Crippen LogP contribution in [0.1, 0.15) is 68.6 Å². The molecule has 0 spiro atoms. The van der Waals surface area contributed by atoms with Gasteiger partial charge in [-0.2, -0.15) is 0 Å². The number of carbonyl (C=O) groups is 9. The lowest BCUT2D eigenvalue weighted by Gasteiger charge is -2.34. The van der Waals surface area contributed by atoms with Crippen LogP contribution in [-0.2, 0) is 62.4 Å². The summed E-state index contributed by atoms with van der Waals surface area (Å²) in [6.45, 7) is 1.90. The molecule has 0 aliphatic carbocycles. The van der Waals surface area contributed by atoms with Gasteiger partial charge in [0.15, 0.2) is 5.96 Å². The van der Waals surface area contributed by atoms with Crippen LogP contribution < -0.4 is 48.7 Å². The maximum Gasteiger partial charge on any atom is 0.246 e. The SMILES string of the molecule is C[C@@H]1NC(=O)[C@H](CC(N)=O)NC(=O)[C@H](Cc2ccccc2)NC(=O)[C@H](Cc2ccccc2)NC(=O)[C@@H](CCCNC(=N)N)NC(=O)[C@@H]2CCCN2C(=O)[C@H]2CCCN2C(=O)[C@H](Cc2ccccc2)NC1=O. The van der Waals surface area contributed by atoms with E-state index in [0.29, 0.717) is 29.5 Å². The highest BCUT2D eigenvalue weighted by Crippen LogP contribution is 2.26. The summed E-state index contributed by atoms with van der Waals surface area (Å²) >= 11 is 0. The minimum absolute atomic E-state index is 0.0125. The molecule has 0 aromatic heterocycles. The second-order valence-corrected chi connectivity index (χ2v) is 18.1. The second kappa shape index (κ2) is 25.1. The number of rotatable bonds is 12. The number of nitrogens with two attached hydrogens (primary N) is 2. The Morgan fingerprint density at radius 3 is 1.48 bits per heavy atom. The third-order valence-corrected chi connectivity index (χ3v) is 12.8. The van der Waals surface area contributed by atoms with Crippen LogP contribution in [-0.4, -0.2) is 137 Å². The van der Waals surface area contributed by atoms with Crippen molar-refractivity contribution >= 4 is 59.1 Å². The maximum absolute atomic E-state index is 14.6. The normalized spacial score (nSPS) is 25.3. The Morgan fingerprint density at radius 2 is 0.972 bits per heavy atom. The molecule has 378 valence electrons. The van der Waals surface area contributed by atoms with Crippen LogP contribution in [0, 0.1) is 5.41 Å². The number of hydrogen-bond donors (Lipinski definition) is 10. The molecule has 6 rings (SSSR count). The molecule has 3 aromatic carbocycles. The largest absolute Gasteiger partial charge is 0.370 e. The first-order valence-corrected chi connectivity index (χ1v) is 24.0. The van der Waals surface area contributed by atoms with Crippen LogP contribution in [0.3, 0.4) is 0 Å². The average Bonchev–Trinajstić information content (AvgIpc) is 4.06. The minimum atomic E-state index is -1.63. The number of nitrogens with zero attached hydrogens (tertiary/aromatic N) is 2. The van der Waals surface area contributed by atoms with E-state index in [9.17, 15) is 43.2 Å². The molecule has 3 aliphatic rings. The van der Waals surface area contributed by atoms with Crippen LogP contribution in [0.2, 0.25) is 0 Å². The summed E-state index contributed by atoms with van der Waals surface area (Å²) in [7, 11) is 0. The van der Waals surface area contributed by atoms with E-state index in [2.05, 4.69) is 37.2 Å². The highest BCUT2D eigenvalue weighted by Gasteiger charge is 2.44. The van der Waals surface area contributed by atoms with Gasteiger partial charge in [0.1, 0.15) is 48.3 Å². The van der Waals surface area contributed by atoms with E-state index in [-0.39, 0.29) is 70.5 Å². The third kappa shape index (κ3) is 14.8.